The lowest BCUT2D eigenvalue weighted by atomic mass is 9.96. The lowest BCUT2D eigenvalue weighted by molar-refractivity contribution is 0.0782. The first-order valence-corrected chi connectivity index (χ1v) is 14.8. The second kappa shape index (κ2) is 11.4. The van der Waals surface area contributed by atoms with E-state index in [1.807, 2.05) is 46.8 Å². The van der Waals surface area contributed by atoms with Crippen LogP contribution < -0.4 is 10.2 Å². The van der Waals surface area contributed by atoms with Gasteiger partial charge in [0, 0.05) is 65.7 Å². The maximum atomic E-state index is 13.0. The molecule has 1 aliphatic heterocycles. The van der Waals surface area contributed by atoms with Gasteiger partial charge in [-0.2, -0.15) is 4.98 Å². The predicted octanol–water partition coefficient (Wildman–Crippen LogP) is 6.05. The first-order valence-electron chi connectivity index (χ1n) is 14.4. The molecule has 1 amide bonds. The predicted molar refractivity (Wildman–Crippen MR) is 168 cm³/mol. The Morgan fingerprint density at radius 2 is 1.77 bits per heavy atom. The topological polar surface area (TPSA) is 116 Å². The number of aromatic nitrogens is 5. The van der Waals surface area contributed by atoms with E-state index in [1.165, 1.54) is 5.69 Å². The number of amides is 1. The summed E-state index contributed by atoms with van der Waals surface area (Å²) in [4.78, 5) is 32.3. The van der Waals surface area contributed by atoms with Crippen LogP contribution >= 0.6 is 11.8 Å². The summed E-state index contributed by atoms with van der Waals surface area (Å²) in [6.45, 7) is 13.7. The van der Waals surface area contributed by atoms with Crippen LogP contribution in [0.2, 0.25) is 0 Å². The smallest absolute Gasteiger partial charge is 0.327 e. The van der Waals surface area contributed by atoms with E-state index in [4.69, 9.17) is 16.3 Å². The highest BCUT2D eigenvalue weighted by atomic mass is 35.5. The van der Waals surface area contributed by atoms with Gasteiger partial charge in [-0.3, -0.25) is 4.79 Å². The number of carbonyl (C=O) groups excluding carboxylic acids is 1. The Morgan fingerprint density at radius 3 is 2.44 bits per heavy atom. The second-order valence-corrected chi connectivity index (χ2v) is 12.4. The van der Waals surface area contributed by atoms with Gasteiger partial charge in [-0.25, -0.2) is 14.4 Å². The number of aryl methyl sites for hydroxylation is 1. The highest BCUT2D eigenvalue weighted by Crippen LogP contribution is 2.34. The number of benzene rings is 2. The lowest BCUT2D eigenvalue weighted by Gasteiger charge is -2.29. The summed E-state index contributed by atoms with van der Waals surface area (Å²) in [6, 6.07) is 16.3. The molecule has 0 saturated carbocycles. The Morgan fingerprint density at radius 1 is 1.05 bits per heavy atom. The van der Waals surface area contributed by atoms with Crippen molar-refractivity contribution in [2.45, 2.75) is 46.1 Å². The quantitative estimate of drug-likeness (QED) is 0.227. The molecule has 1 atom stereocenters. The maximum Gasteiger partial charge on any atom is 0.327 e. The van der Waals surface area contributed by atoms with E-state index in [9.17, 15) is 4.79 Å². The molecule has 1 aliphatic rings. The van der Waals surface area contributed by atoms with Gasteiger partial charge in [0.05, 0.1) is 11.7 Å². The molecule has 1 saturated heterocycles. The summed E-state index contributed by atoms with van der Waals surface area (Å²) in [5, 5.41) is 8.28. The number of piperazine rings is 1. The maximum absolute atomic E-state index is 13.0. The van der Waals surface area contributed by atoms with Crippen LogP contribution in [-0.4, -0.2) is 61.6 Å². The Kier molecular flexibility index (Phi) is 7.66. The summed E-state index contributed by atoms with van der Waals surface area (Å²) in [5.41, 5.74) is 7.36. The van der Waals surface area contributed by atoms with Crippen LogP contribution in [0.5, 0.6) is 0 Å². The molecule has 222 valence electrons. The zero-order valence-electron chi connectivity index (χ0n) is 25.0. The molecule has 4 heterocycles. The summed E-state index contributed by atoms with van der Waals surface area (Å²) in [5.74, 6) is -0.226. The third-order valence-electron chi connectivity index (χ3n) is 7.89. The zero-order chi connectivity index (χ0) is 30.3. The number of aromatic amines is 1. The van der Waals surface area contributed by atoms with Crippen LogP contribution in [0.15, 0.2) is 59.4 Å². The molecule has 0 spiro atoms. The zero-order valence-corrected chi connectivity index (χ0v) is 25.7. The van der Waals surface area contributed by atoms with Crippen LogP contribution in [0.1, 0.15) is 61.4 Å². The van der Waals surface area contributed by atoms with Crippen molar-refractivity contribution in [2.24, 2.45) is 0 Å². The van der Waals surface area contributed by atoms with E-state index < -0.39 is 11.9 Å². The number of H-pyrrole nitrogens is 1. The van der Waals surface area contributed by atoms with Gasteiger partial charge in [0.15, 0.2) is 5.82 Å². The average molecular weight is 599 g/mol. The van der Waals surface area contributed by atoms with E-state index in [2.05, 4.69) is 71.7 Å². The number of hydrogen-bond donors (Lipinski definition) is 2. The van der Waals surface area contributed by atoms with Crippen molar-refractivity contribution in [3.05, 3.63) is 77.7 Å². The van der Waals surface area contributed by atoms with Crippen molar-refractivity contribution < 1.29 is 9.32 Å². The van der Waals surface area contributed by atoms with Crippen LogP contribution in [0.3, 0.4) is 0 Å². The molecule has 0 bridgehead atoms. The third-order valence-corrected chi connectivity index (χ3v) is 8.34. The van der Waals surface area contributed by atoms with E-state index in [-0.39, 0.29) is 11.3 Å². The fraction of sp³-hybridized carbons (Fsp3) is 0.344. The second-order valence-electron chi connectivity index (χ2n) is 12.0. The largest absolute Gasteiger partial charge is 0.369 e. The van der Waals surface area contributed by atoms with Crippen molar-refractivity contribution in [1.29, 1.82) is 0 Å². The first-order chi connectivity index (χ1) is 20.6. The average Bonchev–Trinajstić information content (AvgIpc) is 3.69. The van der Waals surface area contributed by atoms with Crippen molar-refractivity contribution in [3.8, 4) is 22.5 Å². The monoisotopic (exact) mass is 598 g/mol. The number of anilines is 1. The number of hydrogen-bond acceptors (Lipinski definition) is 8. The molecule has 43 heavy (non-hydrogen) atoms. The SMILES string of the molecule is Cc1cc(-c2ncnc3[nH]c(-c4ccc(N5CCNCC5)cc4)cc23)ccc1[C@@H](C)N(Cl)C(=O)c1nc(C(C)(C)C)no1. The van der Waals surface area contributed by atoms with Crippen molar-refractivity contribution in [2.75, 3.05) is 31.1 Å². The van der Waals surface area contributed by atoms with Gasteiger partial charge in [0.1, 0.15) is 12.0 Å². The molecule has 0 unspecified atom stereocenters. The minimum absolute atomic E-state index is 0.133. The minimum atomic E-state index is -0.543. The standard InChI is InChI=1S/C32H35ClN8O2/c1-19-16-22(8-11-24(19)20(2)41(33)30(42)29-38-31(39-43-29)32(3,4)5)27-25-17-26(37-28(25)36-18-35-27)21-6-9-23(10-7-21)40-14-12-34-13-15-40/h6-11,16-18,20,34H,12-15H2,1-5H3,(H,35,36,37)/t20-/m1/s1. The summed E-state index contributed by atoms with van der Waals surface area (Å²) < 4.78 is 6.33. The van der Waals surface area contributed by atoms with Crippen molar-refractivity contribution >= 4 is 34.4 Å². The molecule has 6 rings (SSSR count). The number of fused-ring (bicyclic) bond motifs is 1. The molecule has 2 N–H and O–H groups in total. The van der Waals surface area contributed by atoms with Gasteiger partial charge in [-0.15, -0.1) is 0 Å². The molecule has 1 fully saturated rings. The summed E-state index contributed by atoms with van der Waals surface area (Å²) in [6.07, 6.45) is 1.58. The van der Waals surface area contributed by atoms with Gasteiger partial charge in [-0.1, -0.05) is 50.2 Å². The summed E-state index contributed by atoms with van der Waals surface area (Å²) in [7, 11) is 0. The van der Waals surface area contributed by atoms with E-state index in [0.717, 1.165) is 75.3 Å². The fourth-order valence-electron chi connectivity index (χ4n) is 5.40. The van der Waals surface area contributed by atoms with Crippen molar-refractivity contribution in [1.82, 2.24) is 34.8 Å². The Labute approximate surface area is 255 Å². The van der Waals surface area contributed by atoms with Gasteiger partial charge in [-0.05, 0) is 54.8 Å². The minimum Gasteiger partial charge on any atom is -0.369 e. The lowest BCUT2D eigenvalue weighted by Crippen LogP contribution is -2.43. The van der Waals surface area contributed by atoms with Crippen LogP contribution in [0.25, 0.3) is 33.5 Å². The van der Waals surface area contributed by atoms with Crippen LogP contribution in [0, 0.1) is 6.92 Å². The molecule has 3 aromatic heterocycles. The summed E-state index contributed by atoms with van der Waals surface area (Å²) >= 11 is 6.52. The number of carbonyl (C=O) groups is 1. The molecular weight excluding hydrogens is 564 g/mol. The number of nitrogens with one attached hydrogen (secondary N) is 2. The number of nitrogens with zero attached hydrogens (tertiary/aromatic N) is 6. The fourth-order valence-corrected chi connectivity index (χ4v) is 5.57. The van der Waals surface area contributed by atoms with Gasteiger partial charge in [0.2, 0.25) is 0 Å². The molecular formula is C32H35ClN8O2. The van der Waals surface area contributed by atoms with Crippen LogP contribution in [-0.2, 0) is 5.41 Å². The van der Waals surface area contributed by atoms with E-state index in [1.54, 1.807) is 6.33 Å². The molecule has 2 aromatic carbocycles. The Bertz CT molecular complexity index is 1770. The van der Waals surface area contributed by atoms with Gasteiger partial charge in [0.25, 0.3) is 0 Å². The van der Waals surface area contributed by atoms with E-state index in [0.29, 0.717) is 5.82 Å². The molecule has 5 aromatic rings. The number of halogens is 1. The Balaban J connectivity index is 1.23. The third kappa shape index (κ3) is 5.72. The highest BCUT2D eigenvalue weighted by Gasteiger charge is 2.30. The first kappa shape index (κ1) is 28.8. The molecule has 11 heteroatoms. The number of rotatable bonds is 6. The Hall–Kier alpha value is -4.28. The highest BCUT2D eigenvalue weighted by molar-refractivity contribution is 6.23. The van der Waals surface area contributed by atoms with E-state index >= 15 is 0 Å². The van der Waals surface area contributed by atoms with Gasteiger partial charge < -0.3 is 19.7 Å². The van der Waals surface area contributed by atoms with Gasteiger partial charge >= 0.3 is 11.8 Å². The normalized spacial score (nSPS) is 14.7. The molecule has 0 aliphatic carbocycles. The molecule has 0 radical (unpaired) electrons. The molecule has 10 nitrogen and oxygen atoms in total. The van der Waals surface area contributed by atoms with Crippen LogP contribution in [0.4, 0.5) is 5.69 Å². The van der Waals surface area contributed by atoms with Crippen molar-refractivity contribution in [3.63, 3.8) is 0 Å².